The highest BCUT2D eigenvalue weighted by atomic mass is 32.2. The third-order valence-corrected chi connectivity index (χ3v) is 3.82. The summed E-state index contributed by atoms with van der Waals surface area (Å²) >= 11 is 1.29. The van der Waals surface area contributed by atoms with Gasteiger partial charge in [-0.1, -0.05) is 49.0 Å². The molecule has 0 aliphatic carbocycles. The number of hydrogen-bond acceptors (Lipinski definition) is 5. The Hall–Kier alpha value is -2.02. The number of thioether (sulfide) groups is 1. The highest BCUT2D eigenvalue weighted by molar-refractivity contribution is 7.99. The fraction of sp³-hybridized carbons (Fsp3) is 0.357. The zero-order chi connectivity index (χ0) is 15.1. The number of rotatable bonds is 7. The lowest BCUT2D eigenvalue weighted by Gasteiger charge is -2.05. The van der Waals surface area contributed by atoms with Gasteiger partial charge in [0.05, 0.1) is 5.75 Å². The predicted molar refractivity (Wildman–Crippen MR) is 83.2 cm³/mol. The molecule has 2 aromatic rings. The van der Waals surface area contributed by atoms with Crippen LogP contribution in [0.2, 0.25) is 0 Å². The molecule has 112 valence electrons. The highest BCUT2D eigenvalue weighted by Gasteiger charge is 2.11. The molecule has 1 aromatic heterocycles. The van der Waals surface area contributed by atoms with E-state index in [4.69, 9.17) is 5.84 Å². The molecule has 0 aliphatic heterocycles. The van der Waals surface area contributed by atoms with Crippen LogP contribution < -0.4 is 11.2 Å². The number of nitrogen functional groups attached to an aromatic ring is 1. The minimum Gasteiger partial charge on any atom is -0.351 e. The Morgan fingerprint density at radius 2 is 2.10 bits per heavy atom. The van der Waals surface area contributed by atoms with Gasteiger partial charge in [0.2, 0.25) is 11.1 Å². The number of nitrogens with two attached hydrogens (primary N) is 1. The second-order valence-electron chi connectivity index (χ2n) is 4.57. The topological polar surface area (TPSA) is 85.8 Å². The molecule has 0 saturated heterocycles. The van der Waals surface area contributed by atoms with Crippen molar-refractivity contribution in [2.75, 3.05) is 11.6 Å². The van der Waals surface area contributed by atoms with Crippen LogP contribution in [0.4, 0.5) is 0 Å². The van der Waals surface area contributed by atoms with Crippen LogP contribution in [0.15, 0.2) is 35.5 Å². The average molecular weight is 305 g/mol. The van der Waals surface area contributed by atoms with E-state index in [-0.39, 0.29) is 11.7 Å². The zero-order valence-electron chi connectivity index (χ0n) is 12.0. The van der Waals surface area contributed by atoms with Crippen LogP contribution >= 0.6 is 11.8 Å². The number of nitrogens with zero attached hydrogens (tertiary/aromatic N) is 3. The van der Waals surface area contributed by atoms with Gasteiger partial charge in [-0.3, -0.25) is 4.79 Å². The largest absolute Gasteiger partial charge is 0.351 e. The van der Waals surface area contributed by atoms with Crippen molar-refractivity contribution < 1.29 is 4.79 Å². The van der Waals surface area contributed by atoms with E-state index in [2.05, 4.69) is 22.4 Å². The third kappa shape index (κ3) is 4.49. The molecule has 7 heteroatoms. The fourth-order valence-electron chi connectivity index (χ4n) is 1.78. The van der Waals surface area contributed by atoms with Gasteiger partial charge in [0.15, 0.2) is 5.82 Å². The van der Waals surface area contributed by atoms with E-state index in [0.29, 0.717) is 11.7 Å². The van der Waals surface area contributed by atoms with Gasteiger partial charge in [-0.15, -0.1) is 10.2 Å². The number of carbonyl (C=O) groups is 1. The first kappa shape index (κ1) is 15.4. The minimum atomic E-state index is -0.0519. The van der Waals surface area contributed by atoms with Crippen molar-refractivity contribution in [3.05, 3.63) is 41.7 Å². The van der Waals surface area contributed by atoms with Crippen molar-refractivity contribution in [1.82, 2.24) is 20.2 Å². The Bertz CT molecular complexity index is 584. The van der Waals surface area contributed by atoms with E-state index < -0.39 is 0 Å². The van der Waals surface area contributed by atoms with Gasteiger partial charge in [-0.25, -0.2) is 4.68 Å². The van der Waals surface area contributed by atoms with Crippen molar-refractivity contribution in [3.63, 3.8) is 0 Å². The van der Waals surface area contributed by atoms with E-state index in [1.807, 2.05) is 30.3 Å². The van der Waals surface area contributed by atoms with E-state index in [9.17, 15) is 4.79 Å². The summed E-state index contributed by atoms with van der Waals surface area (Å²) in [7, 11) is 0. The monoisotopic (exact) mass is 305 g/mol. The molecule has 6 nitrogen and oxygen atoms in total. The van der Waals surface area contributed by atoms with Crippen LogP contribution in [0.1, 0.15) is 24.7 Å². The Morgan fingerprint density at radius 1 is 1.33 bits per heavy atom. The van der Waals surface area contributed by atoms with Gasteiger partial charge >= 0.3 is 0 Å². The first-order chi connectivity index (χ1) is 10.2. The minimum absolute atomic E-state index is 0.0519. The van der Waals surface area contributed by atoms with Crippen molar-refractivity contribution in [1.29, 1.82) is 0 Å². The van der Waals surface area contributed by atoms with Gasteiger partial charge in [0, 0.05) is 13.0 Å². The summed E-state index contributed by atoms with van der Waals surface area (Å²) in [6.07, 6.45) is 1.74. The molecule has 0 radical (unpaired) electrons. The quantitative estimate of drug-likeness (QED) is 0.596. The Balaban J connectivity index is 1.79. The molecule has 0 aliphatic rings. The summed E-state index contributed by atoms with van der Waals surface area (Å²) in [6.45, 7) is 2.58. The average Bonchev–Trinajstić information content (AvgIpc) is 2.85. The molecule has 0 fully saturated rings. The van der Waals surface area contributed by atoms with Crippen LogP contribution in [-0.4, -0.2) is 26.5 Å². The predicted octanol–water partition coefficient (Wildman–Crippen LogP) is 1.35. The molecule has 1 heterocycles. The number of hydrogen-bond donors (Lipinski definition) is 2. The Kier molecular flexibility index (Phi) is 5.62. The summed E-state index contributed by atoms with van der Waals surface area (Å²) in [5.41, 5.74) is 1.07. The molecule has 0 saturated carbocycles. The number of amides is 1. The molecule has 0 unspecified atom stereocenters. The van der Waals surface area contributed by atoms with Crippen LogP contribution in [-0.2, 0) is 17.8 Å². The van der Waals surface area contributed by atoms with Gasteiger partial charge in [0.1, 0.15) is 0 Å². The normalized spacial score (nSPS) is 10.5. The number of carbonyl (C=O) groups excluding carboxylic acids is 1. The van der Waals surface area contributed by atoms with Gasteiger partial charge in [0.25, 0.3) is 0 Å². The molecular weight excluding hydrogens is 286 g/mol. The van der Waals surface area contributed by atoms with E-state index in [1.54, 1.807) is 0 Å². The molecule has 0 bridgehead atoms. The Labute approximate surface area is 128 Å². The maximum absolute atomic E-state index is 11.8. The maximum atomic E-state index is 11.8. The summed E-state index contributed by atoms with van der Waals surface area (Å²) in [5.74, 6) is 6.84. The lowest BCUT2D eigenvalue weighted by atomic mass is 10.2. The van der Waals surface area contributed by atoms with Crippen molar-refractivity contribution in [2.24, 2.45) is 0 Å². The Morgan fingerprint density at radius 3 is 2.81 bits per heavy atom. The number of nitrogens with one attached hydrogen (secondary N) is 1. The van der Waals surface area contributed by atoms with Crippen LogP contribution in [0.5, 0.6) is 0 Å². The number of aryl methyl sites for hydroxylation is 1. The summed E-state index contributed by atoms with van der Waals surface area (Å²) in [4.78, 5) is 11.8. The second-order valence-corrected chi connectivity index (χ2v) is 5.51. The fourth-order valence-corrected chi connectivity index (χ4v) is 2.48. The molecule has 0 spiro atoms. The second kappa shape index (κ2) is 7.68. The maximum Gasteiger partial charge on any atom is 0.230 e. The van der Waals surface area contributed by atoms with Crippen LogP contribution in [0.3, 0.4) is 0 Å². The van der Waals surface area contributed by atoms with Crippen molar-refractivity contribution in [3.8, 4) is 0 Å². The zero-order valence-corrected chi connectivity index (χ0v) is 12.8. The molecule has 1 amide bonds. The highest BCUT2D eigenvalue weighted by Crippen LogP contribution is 2.14. The number of benzene rings is 1. The van der Waals surface area contributed by atoms with Crippen LogP contribution in [0.25, 0.3) is 0 Å². The van der Waals surface area contributed by atoms with Crippen molar-refractivity contribution in [2.45, 2.75) is 31.5 Å². The smallest absolute Gasteiger partial charge is 0.230 e. The first-order valence-corrected chi connectivity index (χ1v) is 7.82. The van der Waals surface area contributed by atoms with Gasteiger partial charge < -0.3 is 11.2 Å². The lowest BCUT2D eigenvalue weighted by molar-refractivity contribution is -0.118. The molecular formula is C14H19N5OS. The molecule has 21 heavy (non-hydrogen) atoms. The lowest BCUT2D eigenvalue weighted by Crippen LogP contribution is -2.25. The van der Waals surface area contributed by atoms with Crippen molar-refractivity contribution >= 4 is 17.7 Å². The molecule has 1 aromatic carbocycles. The summed E-state index contributed by atoms with van der Waals surface area (Å²) in [5, 5.41) is 11.4. The molecule has 3 N–H and O–H groups in total. The summed E-state index contributed by atoms with van der Waals surface area (Å²) in [6, 6.07) is 9.79. The standard InChI is InChI=1S/C14H19N5OS/c1-2-6-12-17-18-14(19(12)15)21-10-13(20)16-9-11-7-4-3-5-8-11/h3-5,7-8H,2,6,9-10,15H2,1H3,(H,16,20). The van der Waals surface area contributed by atoms with Gasteiger partial charge in [-0.05, 0) is 12.0 Å². The molecule has 0 atom stereocenters. The van der Waals surface area contributed by atoms with E-state index in [1.165, 1.54) is 16.4 Å². The van der Waals surface area contributed by atoms with Crippen LogP contribution in [0, 0.1) is 0 Å². The number of aromatic nitrogens is 3. The third-order valence-electron chi connectivity index (χ3n) is 2.87. The van der Waals surface area contributed by atoms with Gasteiger partial charge in [-0.2, -0.15) is 0 Å². The molecule has 2 rings (SSSR count). The first-order valence-electron chi connectivity index (χ1n) is 6.83. The summed E-state index contributed by atoms with van der Waals surface area (Å²) < 4.78 is 1.46. The van der Waals surface area contributed by atoms with E-state index in [0.717, 1.165) is 24.2 Å². The SMILES string of the molecule is CCCc1nnc(SCC(=O)NCc2ccccc2)n1N. The van der Waals surface area contributed by atoms with E-state index >= 15 is 0 Å².